The first kappa shape index (κ1) is 14.7. The summed E-state index contributed by atoms with van der Waals surface area (Å²) in [5.41, 5.74) is 1.42. The van der Waals surface area contributed by atoms with E-state index in [1.807, 2.05) is 30.3 Å². The number of nitrogens with one attached hydrogen (secondary N) is 2. The predicted molar refractivity (Wildman–Crippen MR) is 74.7 cm³/mol. The van der Waals surface area contributed by atoms with Gasteiger partial charge in [0.2, 0.25) is 10.0 Å². The molecule has 0 spiro atoms. The predicted octanol–water partition coefficient (Wildman–Crippen LogP) is 0.600. The summed E-state index contributed by atoms with van der Waals surface area (Å²) in [7, 11) is -3.68. The zero-order valence-electron chi connectivity index (χ0n) is 11.1. The van der Waals surface area contributed by atoms with Crippen molar-refractivity contribution in [3.63, 3.8) is 0 Å². The van der Waals surface area contributed by atoms with Gasteiger partial charge in [-0.05, 0) is 18.9 Å². The highest BCUT2D eigenvalue weighted by molar-refractivity contribution is 7.89. The third-order valence-electron chi connectivity index (χ3n) is 2.94. The number of aromatic nitrogens is 2. The zero-order valence-corrected chi connectivity index (χ0v) is 11.9. The van der Waals surface area contributed by atoms with Gasteiger partial charge in [0.25, 0.3) is 0 Å². The van der Waals surface area contributed by atoms with Crippen LogP contribution in [-0.4, -0.2) is 36.4 Å². The van der Waals surface area contributed by atoms with E-state index in [1.54, 1.807) is 6.92 Å². The standard InChI is InChI=1S/C13H17N3O3S/c1-10-13(8-14-15-10)20(18,19)16-12(9-17)7-11-5-3-2-4-6-11/h2-6,8,12,16-17H,7,9H2,1H3,(H,14,15)/t12-/m1/s1. The van der Waals surface area contributed by atoms with Crippen molar-refractivity contribution in [3.8, 4) is 0 Å². The molecule has 0 aliphatic heterocycles. The molecule has 0 radical (unpaired) electrons. The molecule has 108 valence electrons. The van der Waals surface area contributed by atoms with Gasteiger partial charge in [-0.1, -0.05) is 30.3 Å². The lowest BCUT2D eigenvalue weighted by Gasteiger charge is -2.16. The molecular formula is C13H17N3O3S. The first-order valence-electron chi connectivity index (χ1n) is 6.20. The number of aliphatic hydroxyl groups excluding tert-OH is 1. The average molecular weight is 295 g/mol. The molecule has 20 heavy (non-hydrogen) atoms. The highest BCUT2D eigenvalue weighted by Gasteiger charge is 2.22. The van der Waals surface area contributed by atoms with Crippen LogP contribution in [0.15, 0.2) is 41.4 Å². The molecule has 0 saturated carbocycles. The Hall–Kier alpha value is -1.70. The van der Waals surface area contributed by atoms with E-state index in [0.29, 0.717) is 12.1 Å². The third-order valence-corrected chi connectivity index (χ3v) is 4.57. The highest BCUT2D eigenvalue weighted by Crippen LogP contribution is 2.12. The molecule has 6 nitrogen and oxygen atoms in total. The second-order valence-corrected chi connectivity index (χ2v) is 6.23. The Morgan fingerprint density at radius 2 is 2.05 bits per heavy atom. The maximum absolute atomic E-state index is 12.2. The van der Waals surface area contributed by atoms with E-state index in [1.165, 1.54) is 6.20 Å². The summed E-state index contributed by atoms with van der Waals surface area (Å²) < 4.78 is 26.9. The first-order valence-corrected chi connectivity index (χ1v) is 7.68. The molecule has 0 fully saturated rings. The number of H-pyrrole nitrogens is 1. The van der Waals surface area contributed by atoms with Crippen LogP contribution in [0, 0.1) is 6.92 Å². The molecule has 1 aromatic heterocycles. The number of aliphatic hydroxyl groups is 1. The number of rotatable bonds is 6. The van der Waals surface area contributed by atoms with E-state index >= 15 is 0 Å². The van der Waals surface area contributed by atoms with Crippen molar-refractivity contribution in [3.05, 3.63) is 47.8 Å². The van der Waals surface area contributed by atoms with E-state index in [2.05, 4.69) is 14.9 Å². The number of benzene rings is 1. The van der Waals surface area contributed by atoms with E-state index < -0.39 is 16.1 Å². The van der Waals surface area contributed by atoms with E-state index in [9.17, 15) is 13.5 Å². The molecule has 1 aromatic carbocycles. The fourth-order valence-corrected chi connectivity index (χ4v) is 3.30. The van der Waals surface area contributed by atoms with Crippen molar-refractivity contribution in [1.82, 2.24) is 14.9 Å². The van der Waals surface area contributed by atoms with Crippen molar-refractivity contribution < 1.29 is 13.5 Å². The molecule has 0 amide bonds. The van der Waals surface area contributed by atoms with Crippen molar-refractivity contribution >= 4 is 10.0 Å². The summed E-state index contributed by atoms with van der Waals surface area (Å²) in [5.74, 6) is 0. The molecule has 1 atom stereocenters. The lowest BCUT2D eigenvalue weighted by molar-refractivity contribution is 0.256. The molecule has 0 aliphatic rings. The smallest absolute Gasteiger partial charge is 0.244 e. The fourth-order valence-electron chi connectivity index (χ4n) is 1.94. The minimum atomic E-state index is -3.68. The number of hydrogen-bond donors (Lipinski definition) is 3. The van der Waals surface area contributed by atoms with Gasteiger partial charge in [0.15, 0.2) is 0 Å². The second-order valence-electron chi connectivity index (χ2n) is 4.55. The zero-order chi connectivity index (χ0) is 14.6. The minimum absolute atomic E-state index is 0.101. The van der Waals surface area contributed by atoms with Crippen LogP contribution in [0.1, 0.15) is 11.3 Å². The first-order chi connectivity index (χ1) is 9.53. The molecule has 7 heteroatoms. The third kappa shape index (κ3) is 3.44. The van der Waals surface area contributed by atoms with Crippen LogP contribution in [0.5, 0.6) is 0 Å². The Morgan fingerprint density at radius 3 is 2.60 bits per heavy atom. The summed E-state index contributed by atoms with van der Waals surface area (Å²) in [5, 5.41) is 15.6. The van der Waals surface area contributed by atoms with Crippen LogP contribution in [0.3, 0.4) is 0 Å². The number of hydrogen-bond acceptors (Lipinski definition) is 4. The lowest BCUT2D eigenvalue weighted by Crippen LogP contribution is -2.39. The number of sulfonamides is 1. The van der Waals surface area contributed by atoms with Crippen molar-refractivity contribution in [2.75, 3.05) is 6.61 Å². The van der Waals surface area contributed by atoms with Crippen LogP contribution in [0.2, 0.25) is 0 Å². The number of aromatic amines is 1. The average Bonchev–Trinajstić information content (AvgIpc) is 2.86. The van der Waals surface area contributed by atoms with E-state index in [-0.39, 0.29) is 11.5 Å². The lowest BCUT2D eigenvalue weighted by atomic mass is 10.1. The van der Waals surface area contributed by atoms with Gasteiger partial charge in [-0.2, -0.15) is 5.10 Å². The molecule has 1 heterocycles. The number of nitrogens with zero attached hydrogens (tertiary/aromatic N) is 1. The van der Waals surface area contributed by atoms with Crippen LogP contribution in [0.25, 0.3) is 0 Å². The van der Waals surface area contributed by atoms with Crippen molar-refractivity contribution in [2.24, 2.45) is 0 Å². The Kier molecular flexibility index (Phi) is 4.53. The van der Waals surface area contributed by atoms with Gasteiger partial charge >= 0.3 is 0 Å². The van der Waals surface area contributed by atoms with Gasteiger partial charge in [-0.25, -0.2) is 13.1 Å². The second kappa shape index (κ2) is 6.17. The summed E-state index contributed by atoms with van der Waals surface area (Å²) >= 11 is 0. The van der Waals surface area contributed by atoms with Crippen molar-refractivity contribution in [2.45, 2.75) is 24.3 Å². The Morgan fingerprint density at radius 1 is 1.35 bits per heavy atom. The normalized spacial score (nSPS) is 13.3. The molecule has 0 bridgehead atoms. The van der Waals surface area contributed by atoms with Gasteiger partial charge < -0.3 is 5.11 Å². The summed E-state index contributed by atoms with van der Waals surface area (Å²) in [6, 6.07) is 8.84. The summed E-state index contributed by atoms with van der Waals surface area (Å²) in [6.45, 7) is 1.36. The van der Waals surface area contributed by atoms with Gasteiger partial charge in [-0.3, -0.25) is 5.10 Å². The summed E-state index contributed by atoms with van der Waals surface area (Å²) in [6.07, 6.45) is 1.68. The van der Waals surface area contributed by atoms with Gasteiger partial charge in [0.1, 0.15) is 4.90 Å². The van der Waals surface area contributed by atoms with Crippen LogP contribution < -0.4 is 4.72 Å². The van der Waals surface area contributed by atoms with Gasteiger partial charge in [-0.15, -0.1) is 0 Å². The minimum Gasteiger partial charge on any atom is -0.395 e. The monoisotopic (exact) mass is 295 g/mol. The molecule has 0 saturated heterocycles. The van der Waals surface area contributed by atoms with Crippen molar-refractivity contribution in [1.29, 1.82) is 0 Å². The summed E-state index contributed by atoms with van der Waals surface area (Å²) in [4.78, 5) is 0.101. The van der Waals surface area contributed by atoms with Crippen LogP contribution in [0.4, 0.5) is 0 Å². The molecular weight excluding hydrogens is 278 g/mol. The van der Waals surface area contributed by atoms with Crippen LogP contribution >= 0.6 is 0 Å². The highest BCUT2D eigenvalue weighted by atomic mass is 32.2. The molecule has 0 aliphatic carbocycles. The van der Waals surface area contributed by atoms with E-state index in [4.69, 9.17) is 0 Å². The number of aryl methyl sites for hydroxylation is 1. The molecule has 0 unspecified atom stereocenters. The topological polar surface area (TPSA) is 95.1 Å². The maximum Gasteiger partial charge on any atom is 0.244 e. The Balaban J connectivity index is 2.12. The molecule has 2 rings (SSSR count). The quantitative estimate of drug-likeness (QED) is 0.727. The molecule has 2 aromatic rings. The SMILES string of the molecule is Cc1[nH]ncc1S(=O)(=O)N[C@@H](CO)Cc1ccccc1. The fraction of sp³-hybridized carbons (Fsp3) is 0.308. The maximum atomic E-state index is 12.2. The van der Waals surface area contributed by atoms with Crippen LogP contribution in [-0.2, 0) is 16.4 Å². The van der Waals surface area contributed by atoms with E-state index in [0.717, 1.165) is 5.56 Å². The largest absolute Gasteiger partial charge is 0.395 e. The Bertz CT molecular complexity index is 653. The molecule has 3 N–H and O–H groups in total. The van der Waals surface area contributed by atoms with Gasteiger partial charge in [0.05, 0.1) is 18.5 Å². The van der Waals surface area contributed by atoms with Gasteiger partial charge in [0, 0.05) is 6.04 Å². The Labute approximate surface area is 117 Å².